The van der Waals surface area contributed by atoms with E-state index in [1.165, 1.54) is 6.42 Å². The Bertz CT molecular complexity index is 796. The average molecular weight is 407 g/mol. The van der Waals surface area contributed by atoms with Crippen molar-refractivity contribution in [3.05, 3.63) is 29.8 Å². The second-order valence-electron chi connectivity index (χ2n) is 8.14. The number of fused-ring (bicyclic) bond motifs is 4. The summed E-state index contributed by atoms with van der Waals surface area (Å²) < 4.78 is 31.5. The second-order valence-corrected chi connectivity index (χ2v) is 10.4. The highest BCUT2D eigenvalue weighted by Gasteiger charge is 2.75. The van der Waals surface area contributed by atoms with Gasteiger partial charge in [-0.15, -0.1) is 0 Å². The lowest BCUT2D eigenvalue weighted by molar-refractivity contribution is -0.139. The molecule has 4 rings (SSSR count). The zero-order chi connectivity index (χ0) is 20.0. The van der Waals surface area contributed by atoms with E-state index in [1.54, 1.807) is 13.8 Å². The molecule has 2 fully saturated rings. The van der Waals surface area contributed by atoms with E-state index in [9.17, 15) is 9.36 Å². The number of nitrogens with zero attached hydrogens (tertiary/aromatic N) is 1. The zero-order valence-corrected chi connectivity index (χ0v) is 17.9. The number of hydrogen-bond donors (Lipinski definition) is 0. The number of likely N-dealkylation sites (tertiary alicyclic amines) is 1. The molecule has 0 N–H and O–H groups in total. The van der Waals surface area contributed by atoms with Crippen molar-refractivity contribution in [2.24, 2.45) is 0 Å². The van der Waals surface area contributed by atoms with Crippen molar-refractivity contribution >= 4 is 13.6 Å². The fraction of sp³-hybridized carbons (Fsp3) is 0.667. The number of carbonyl (C=O) groups excluding carboxylic acids is 1. The van der Waals surface area contributed by atoms with Gasteiger partial charge >= 0.3 is 13.6 Å². The maximum Gasteiger partial charge on any atom is 0.349 e. The van der Waals surface area contributed by atoms with Crippen LogP contribution in [0.3, 0.4) is 0 Å². The molecule has 0 bridgehead atoms. The molecule has 0 radical (unpaired) electrons. The molecule has 7 heteroatoms. The molecular formula is C21H30NO5P. The topological polar surface area (TPSA) is 65.1 Å². The van der Waals surface area contributed by atoms with Gasteiger partial charge in [0, 0.05) is 23.6 Å². The predicted octanol–water partition coefficient (Wildman–Crippen LogP) is 4.34. The fourth-order valence-corrected chi connectivity index (χ4v) is 8.37. The van der Waals surface area contributed by atoms with Crippen LogP contribution in [0.15, 0.2) is 24.3 Å². The zero-order valence-electron chi connectivity index (χ0n) is 17.0. The van der Waals surface area contributed by atoms with E-state index in [0.717, 1.165) is 31.2 Å². The Morgan fingerprint density at radius 2 is 1.79 bits per heavy atom. The highest BCUT2D eigenvalue weighted by molar-refractivity contribution is 7.57. The number of likely N-dealkylation sites (N-methyl/N-ethyl adjacent to an activating group) is 1. The van der Waals surface area contributed by atoms with Gasteiger partial charge in [0.25, 0.3) is 0 Å². The van der Waals surface area contributed by atoms with Crippen molar-refractivity contribution in [2.45, 2.75) is 62.6 Å². The third kappa shape index (κ3) is 2.58. The summed E-state index contributed by atoms with van der Waals surface area (Å²) in [4.78, 5) is 15.8. The normalized spacial score (nSPS) is 29.4. The van der Waals surface area contributed by atoms with E-state index < -0.39 is 18.7 Å². The van der Waals surface area contributed by atoms with E-state index >= 15 is 0 Å². The Balaban J connectivity index is 1.98. The summed E-state index contributed by atoms with van der Waals surface area (Å²) >= 11 is 0. The van der Waals surface area contributed by atoms with Gasteiger partial charge in [0.15, 0.2) is 5.16 Å². The van der Waals surface area contributed by atoms with Crippen LogP contribution in [0.5, 0.6) is 5.75 Å². The number of hydrogen-bond acceptors (Lipinski definition) is 6. The second kappa shape index (κ2) is 7.24. The molecule has 0 amide bonds. The number of carbonyl (C=O) groups is 1. The van der Waals surface area contributed by atoms with Crippen molar-refractivity contribution in [1.29, 1.82) is 0 Å². The molecule has 1 aliphatic carbocycles. The number of esters is 1. The lowest BCUT2D eigenvalue weighted by atomic mass is 9.67. The molecule has 1 aromatic rings. The molecule has 1 spiro atoms. The summed E-state index contributed by atoms with van der Waals surface area (Å²) in [6.07, 6.45) is 5.32. The summed E-state index contributed by atoms with van der Waals surface area (Å²) in [5, 5.41) is -1.33. The molecule has 6 nitrogen and oxygen atoms in total. The molecule has 28 heavy (non-hydrogen) atoms. The van der Waals surface area contributed by atoms with Gasteiger partial charge in [0.1, 0.15) is 5.75 Å². The average Bonchev–Trinajstić information content (AvgIpc) is 2.94. The van der Waals surface area contributed by atoms with Crippen LogP contribution in [-0.2, 0) is 18.4 Å². The van der Waals surface area contributed by atoms with Gasteiger partial charge in [-0.3, -0.25) is 14.3 Å². The molecule has 2 heterocycles. The van der Waals surface area contributed by atoms with Crippen molar-refractivity contribution in [3.63, 3.8) is 0 Å². The highest BCUT2D eigenvalue weighted by atomic mass is 31.2. The van der Waals surface area contributed by atoms with E-state index in [4.69, 9.17) is 13.8 Å². The third-order valence-electron chi connectivity index (χ3n) is 6.85. The fourth-order valence-electron chi connectivity index (χ4n) is 5.80. The van der Waals surface area contributed by atoms with Crippen molar-refractivity contribution in [3.8, 4) is 5.75 Å². The first-order valence-electron chi connectivity index (χ1n) is 10.4. The number of rotatable bonds is 5. The van der Waals surface area contributed by atoms with E-state index in [1.807, 2.05) is 31.3 Å². The maximum atomic E-state index is 14.2. The Morgan fingerprint density at radius 1 is 1.14 bits per heavy atom. The minimum absolute atomic E-state index is 0.220. The molecule has 1 aromatic carbocycles. The molecular weight excluding hydrogens is 377 g/mol. The summed E-state index contributed by atoms with van der Waals surface area (Å²) in [5.41, 5.74) is 0.713. The first-order chi connectivity index (χ1) is 13.4. The number of ether oxygens (including phenoxy) is 1. The van der Waals surface area contributed by atoms with Gasteiger partial charge in [-0.2, -0.15) is 0 Å². The van der Waals surface area contributed by atoms with Gasteiger partial charge in [0.2, 0.25) is 0 Å². The molecule has 1 saturated heterocycles. The van der Waals surface area contributed by atoms with Crippen molar-refractivity contribution < 1.29 is 23.1 Å². The number of para-hydroxylation sites is 1. The van der Waals surface area contributed by atoms with E-state index in [-0.39, 0.29) is 24.7 Å². The van der Waals surface area contributed by atoms with Gasteiger partial charge in [-0.05, 0) is 39.8 Å². The Hall–Kier alpha value is -1.20. The molecule has 2 aliphatic heterocycles. The lowest BCUT2D eigenvalue weighted by Crippen LogP contribution is -2.54. The smallest absolute Gasteiger partial charge is 0.349 e. The standard InChI is InChI=1S/C21H30NO5P/c1-4-25-28(24,26-5-2)21-15-22(3)20(13-9-6-10-14-20)18(21)16-11-7-8-12-17(16)27-19(21)23/h7-8,11-12,18H,4-6,9-10,13-15H2,1-3H3/t18-,21-/m0/s1. The molecule has 0 aromatic heterocycles. The summed E-state index contributed by atoms with van der Waals surface area (Å²) in [6.45, 7) is 4.33. The lowest BCUT2D eigenvalue weighted by Gasteiger charge is -2.48. The minimum atomic E-state index is -3.78. The quantitative estimate of drug-likeness (QED) is 0.411. The monoisotopic (exact) mass is 407 g/mol. The summed E-state index contributed by atoms with van der Waals surface area (Å²) in [5.74, 6) is -0.171. The van der Waals surface area contributed by atoms with Crippen LogP contribution in [0, 0.1) is 0 Å². The molecule has 0 unspecified atom stereocenters. The SMILES string of the molecule is CCOP(=O)(OCC)[C@@]12CN(C)C3(CCCCC3)[C@@H]1c1ccccc1OC2=O. The van der Waals surface area contributed by atoms with Crippen LogP contribution < -0.4 is 4.74 Å². The van der Waals surface area contributed by atoms with Crippen LogP contribution in [0.1, 0.15) is 57.4 Å². The highest BCUT2D eigenvalue weighted by Crippen LogP contribution is 2.73. The van der Waals surface area contributed by atoms with Gasteiger partial charge < -0.3 is 13.8 Å². The van der Waals surface area contributed by atoms with E-state index in [0.29, 0.717) is 12.3 Å². The Kier molecular flexibility index (Phi) is 5.20. The first kappa shape index (κ1) is 20.1. The predicted molar refractivity (Wildman–Crippen MR) is 107 cm³/mol. The summed E-state index contributed by atoms with van der Waals surface area (Å²) in [7, 11) is -1.73. The largest absolute Gasteiger partial charge is 0.425 e. The summed E-state index contributed by atoms with van der Waals surface area (Å²) in [6, 6.07) is 7.68. The maximum absolute atomic E-state index is 14.2. The van der Waals surface area contributed by atoms with Crippen molar-refractivity contribution in [1.82, 2.24) is 4.90 Å². The minimum Gasteiger partial charge on any atom is -0.425 e. The molecule has 1 saturated carbocycles. The third-order valence-corrected chi connectivity index (χ3v) is 9.60. The first-order valence-corrected chi connectivity index (χ1v) is 11.9. The molecule has 3 aliphatic rings. The van der Waals surface area contributed by atoms with Crippen LogP contribution >= 0.6 is 7.60 Å². The van der Waals surface area contributed by atoms with Gasteiger partial charge in [-0.1, -0.05) is 37.5 Å². The molecule has 154 valence electrons. The van der Waals surface area contributed by atoms with Crippen LogP contribution in [-0.4, -0.2) is 48.4 Å². The number of benzene rings is 1. The van der Waals surface area contributed by atoms with Gasteiger partial charge in [0.05, 0.1) is 13.2 Å². The molecule has 2 atom stereocenters. The van der Waals surface area contributed by atoms with Crippen molar-refractivity contribution in [2.75, 3.05) is 26.8 Å². The van der Waals surface area contributed by atoms with Crippen LogP contribution in [0.4, 0.5) is 0 Å². The van der Waals surface area contributed by atoms with Gasteiger partial charge in [-0.25, -0.2) is 0 Å². The van der Waals surface area contributed by atoms with Crippen LogP contribution in [0.25, 0.3) is 0 Å². The van der Waals surface area contributed by atoms with E-state index in [2.05, 4.69) is 4.90 Å². The Labute approximate surface area is 167 Å². The van der Waals surface area contributed by atoms with Crippen LogP contribution in [0.2, 0.25) is 0 Å². The Morgan fingerprint density at radius 3 is 2.43 bits per heavy atom.